The molecule has 0 spiro atoms. The van der Waals surface area contributed by atoms with Gasteiger partial charge in [0.15, 0.2) is 5.82 Å². The lowest BCUT2D eigenvalue weighted by molar-refractivity contribution is 0.149. The number of piperidine rings is 1. The van der Waals surface area contributed by atoms with Crippen molar-refractivity contribution < 1.29 is 9.47 Å². The molecule has 3 heterocycles. The van der Waals surface area contributed by atoms with E-state index in [-0.39, 0.29) is 6.10 Å². The van der Waals surface area contributed by atoms with Gasteiger partial charge in [0.05, 0.1) is 23.5 Å². The zero-order valence-corrected chi connectivity index (χ0v) is 16.9. The summed E-state index contributed by atoms with van der Waals surface area (Å²) in [4.78, 5) is 13.3. The molecule has 146 valence electrons. The molecule has 2 N–H and O–H groups in total. The summed E-state index contributed by atoms with van der Waals surface area (Å²) in [7, 11) is 1.61. The van der Waals surface area contributed by atoms with Gasteiger partial charge in [-0.15, -0.1) is 11.8 Å². The molecule has 2 aromatic rings. The fraction of sp³-hybridized carbons (Fsp3) is 0.526. The Bertz CT molecular complexity index is 753. The number of thioether (sulfide) groups is 1. The fourth-order valence-electron chi connectivity index (χ4n) is 2.87. The Balaban J connectivity index is 1.77. The van der Waals surface area contributed by atoms with Crippen LogP contribution in [-0.2, 0) is 0 Å². The Morgan fingerprint density at radius 1 is 1.26 bits per heavy atom. The smallest absolute Gasteiger partial charge is 0.262 e. The van der Waals surface area contributed by atoms with Crippen molar-refractivity contribution >= 4 is 23.3 Å². The topological polar surface area (TPSA) is 81.2 Å². The molecular formula is C19H27N5O2S. The third kappa shape index (κ3) is 5.23. The molecule has 0 saturated carbocycles. The van der Waals surface area contributed by atoms with Crippen molar-refractivity contribution in [2.45, 2.75) is 44.2 Å². The van der Waals surface area contributed by atoms with Crippen LogP contribution in [0, 0.1) is 6.92 Å². The third-order valence-corrected chi connectivity index (χ3v) is 5.44. The van der Waals surface area contributed by atoms with Gasteiger partial charge in [-0.05, 0) is 57.2 Å². The summed E-state index contributed by atoms with van der Waals surface area (Å²) in [5.41, 5.74) is 1.80. The van der Waals surface area contributed by atoms with E-state index >= 15 is 0 Å². The SMILES string of the molecule is CCCSc1ccc(Nc2ncnc(OC3CCNCC3)c2OC)c(C)n1. The van der Waals surface area contributed by atoms with E-state index in [1.54, 1.807) is 18.9 Å². The summed E-state index contributed by atoms with van der Waals surface area (Å²) >= 11 is 1.76. The normalized spacial score (nSPS) is 14.8. The second-order valence-corrected chi connectivity index (χ2v) is 7.50. The first kappa shape index (κ1) is 19.7. The van der Waals surface area contributed by atoms with Crippen LogP contribution < -0.4 is 20.1 Å². The predicted molar refractivity (Wildman–Crippen MR) is 108 cm³/mol. The molecule has 7 nitrogen and oxygen atoms in total. The second-order valence-electron chi connectivity index (χ2n) is 6.38. The maximum atomic E-state index is 6.07. The van der Waals surface area contributed by atoms with Crippen LogP contribution in [-0.4, -0.2) is 47.0 Å². The maximum absolute atomic E-state index is 6.07. The number of ether oxygens (including phenoxy) is 2. The third-order valence-electron chi connectivity index (χ3n) is 4.31. The van der Waals surface area contributed by atoms with Crippen molar-refractivity contribution in [3.63, 3.8) is 0 Å². The van der Waals surface area contributed by atoms with Gasteiger partial charge in [-0.2, -0.15) is 4.98 Å². The number of pyridine rings is 1. The molecule has 0 amide bonds. The lowest BCUT2D eigenvalue weighted by Gasteiger charge is -2.24. The standard InChI is InChI=1S/C19H27N5O2S/c1-4-11-27-16-6-5-15(13(2)23-16)24-18-17(25-3)19(22-12-21-18)26-14-7-9-20-10-8-14/h5-6,12,14,20H,4,7-11H2,1-3H3,(H,21,22,24). The Morgan fingerprint density at radius 3 is 2.78 bits per heavy atom. The average Bonchev–Trinajstić information content (AvgIpc) is 2.69. The van der Waals surface area contributed by atoms with E-state index in [4.69, 9.17) is 9.47 Å². The van der Waals surface area contributed by atoms with Crippen molar-refractivity contribution in [2.24, 2.45) is 0 Å². The first-order valence-electron chi connectivity index (χ1n) is 9.35. The number of methoxy groups -OCH3 is 1. The first-order chi connectivity index (χ1) is 13.2. The van der Waals surface area contributed by atoms with Crippen molar-refractivity contribution in [3.05, 3.63) is 24.2 Å². The molecule has 3 rings (SSSR count). The molecule has 8 heteroatoms. The van der Waals surface area contributed by atoms with E-state index in [9.17, 15) is 0 Å². The Morgan fingerprint density at radius 2 is 2.07 bits per heavy atom. The van der Waals surface area contributed by atoms with Crippen molar-refractivity contribution in [2.75, 3.05) is 31.3 Å². The van der Waals surface area contributed by atoms with E-state index in [2.05, 4.69) is 32.5 Å². The molecule has 0 atom stereocenters. The van der Waals surface area contributed by atoms with Gasteiger partial charge in [-0.1, -0.05) is 6.92 Å². The number of aryl methyl sites for hydroxylation is 1. The average molecular weight is 390 g/mol. The molecule has 0 bridgehead atoms. The van der Waals surface area contributed by atoms with Crippen LogP contribution in [0.2, 0.25) is 0 Å². The summed E-state index contributed by atoms with van der Waals surface area (Å²) in [6, 6.07) is 4.05. The zero-order chi connectivity index (χ0) is 19.1. The van der Waals surface area contributed by atoms with Crippen LogP contribution in [0.25, 0.3) is 0 Å². The van der Waals surface area contributed by atoms with Gasteiger partial charge in [0.1, 0.15) is 12.4 Å². The van der Waals surface area contributed by atoms with Crippen LogP contribution in [0.15, 0.2) is 23.5 Å². The number of hydrogen-bond acceptors (Lipinski definition) is 8. The number of aromatic nitrogens is 3. The van der Waals surface area contributed by atoms with Gasteiger partial charge < -0.3 is 20.1 Å². The number of nitrogens with zero attached hydrogens (tertiary/aromatic N) is 3. The summed E-state index contributed by atoms with van der Waals surface area (Å²) in [6.45, 7) is 6.06. The Hall–Kier alpha value is -2.06. The maximum Gasteiger partial charge on any atom is 0.262 e. The van der Waals surface area contributed by atoms with Crippen LogP contribution in [0.4, 0.5) is 11.5 Å². The number of hydrogen-bond donors (Lipinski definition) is 2. The predicted octanol–water partition coefficient (Wildman–Crippen LogP) is 3.57. The van der Waals surface area contributed by atoms with Crippen LogP contribution in [0.5, 0.6) is 11.6 Å². The highest BCUT2D eigenvalue weighted by Gasteiger charge is 2.20. The van der Waals surface area contributed by atoms with Gasteiger partial charge in [0.25, 0.3) is 5.88 Å². The molecule has 0 unspecified atom stereocenters. The zero-order valence-electron chi connectivity index (χ0n) is 16.1. The molecule has 2 aromatic heterocycles. The number of rotatable bonds is 8. The van der Waals surface area contributed by atoms with Gasteiger partial charge >= 0.3 is 0 Å². The minimum atomic E-state index is 0.140. The summed E-state index contributed by atoms with van der Waals surface area (Å²) in [5, 5.41) is 7.68. The van der Waals surface area contributed by atoms with Gasteiger partial charge in [-0.25, -0.2) is 9.97 Å². The number of nitrogens with one attached hydrogen (secondary N) is 2. The van der Waals surface area contributed by atoms with Crippen LogP contribution in [0.1, 0.15) is 31.9 Å². The fourth-order valence-corrected chi connectivity index (χ4v) is 3.65. The molecule has 0 radical (unpaired) electrons. The van der Waals surface area contributed by atoms with E-state index < -0.39 is 0 Å². The lowest BCUT2D eigenvalue weighted by Crippen LogP contribution is -2.34. The second kappa shape index (κ2) is 9.75. The molecule has 1 saturated heterocycles. The minimum absolute atomic E-state index is 0.140. The van der Waals surface area contributed by atoms with Gasteiger partial charge in [-0.3, -0.25) is 0 Å². The molecule has 1 fully saturated rings. The Labute approximate surface area is 164 Å². The molecule has 0 aliphatic carbocycles. The summed E-state index contributed by atoms with van der Waals surface area (Å²) in [5.74, 6) is 2.63. The minimum Gasteiger partial charge on any atom is -0.489 e. The number of anilines is 2. The molecule has 1 aliphatic heterocycles. The molecular weight excluding hydrogens is 362 g/mol. The van der Waals surface area contributed by atoms with Gasteiger partial charge in [0.2, 0.25) is 5.75 Å². The highest BCUT2D eigenvalue weighted by Crippen LogP contribution is 2.35. The monoisotopic (exact) mass is 389 g/mol. The van der Waals surface area contributed by atoms with Crippen molar-refractivity contribution in [3.8, 4) is 11.6 Å². The van der Waals surface area contributed by atoms with E-state index in [1.165, 1.54) is 6.33 Å². The largest absolute Gasteiger partial charge is 0.489 e. The van der Waals surface area contributed by atoms with E-state index in [1.807, 2.05) is 19.1 Å². The molecule has 1 aliphatic rings. The highest BCUT2D eigenvalue weighted by molar-refractivity contribution is 7.99. The van der Waals surface area contributed by atoms with Crippen LogP contribution in [0.3, 0.4) is 0 Å². The molecule has 0 aromatic carbocycles. The van der Waals surface area contributed by atoms with E-state index in [0.29, 0.717) is 17.4 Å². The van der Waals surface area contributed by atoms with E-state index in [0.717, 1.165) is 54.5 Å². The van der Waals surface area contributed by atoms with Crippen molar-refractivity contribution in [1.82, 2.24) is 20.3 Å². The van der Waals surface area contributed by atoms with Gasteiger partial charge in [0, 0.05) is 0 Å². The lowest BCUT2D eigenvalue weighted by atomic mass is 10.1. The van der Waals surface area contributed by atoms with Crippen LogP contribution >= 0.6 is 11.8 Å². The Kier molecular flexibility index (Phi) is 7.11. The highest BCUT2D eigenvalue weighted by atomic mass is 32.2. The molecule has 27 heavy (non-hydrogen) atoms. The summed E-state index contributed by atoms with van der Waals surface area (Å²) in [6.07, 6.45) is 4.67. The first-order valence-corrected chi connectivity index (χ1v) is 10.3. The quantitative estimate of drug-likeness (QED) is 0.663. The summed E-state index contributed by atoms with van der Waals surface area (Å²) < 4.78 is 11.6. The van der Waals surface area contributed by atoms with Crippen molar-refractivity contribution in [1.29, 1.82) is 0 Å².